The van der Waals surface area contributed by atoms with Crippen molar-refractivity contribution in [2.75, 3.05) is 27.2 Å². The lowest BCUT2D eigenvalue weighted by atomic mass is 10.0. The summed E-state index contributed by atoms with van der Waals surface area (Å²) in [5.41, 5.74) is 6.22. The Morgan fingerprint density at radius 2 is 2.00 bits per heavy atom. The summed E-state index contributed by atoms with van der Waals surface area (Å²) in [5.74, 6) is 0. The molecule has 0 bridgehead atoms. The summed E-state index contributed by atoms with van der Waals surface area (Å²) in [6, 6.07) is 5.28. The summed E-state index contributed by atoms with van der Waals surface area (Å²) >= 11 is 1.80. The van der Waals surface area contributed by atoms with Gasteiger partial charge in [-0.2, -0.15) is 0 Å². The van der Waals surface area contributed by atoms with Gasteiger partial charge in [0.1, 0.15) is 0 Å². The highest BCUT2D eigenvalue weighted by molar-refractivity contribution is 7.10. The molecule has 1 rings (SSSR count). The number of likely N-dealkylation sites (N-methyl/N-ethyl adjacent to an activating group) is 2. The van der Waals surface area contributed by atoms with Crippen molar-refractivity contribution in [3.63, 3.8) is 0 Å². The fourth-order valence-electron chi connectivity index (χ4n) is 2.60. The molecule has 0 aliphatic rings. The summed E-state index contributed by atoms with van der Waals surface area (Å²) in [5, 5.41) is 2.13. The van der Waals surface area contributed by atoms with Gasteiger partial charge in [-0.05, 0) is 45.9 Å². The molecule has 4 heteroatoms. The second-order valence-electron chi connectivity index (χ2n) is 5.26. The number of hydrogen-bond donors (Lipinski definition) is 1. The molecule has 1 heterocycles. The maximum absolute atomic E-state index is 6.22. The predicted octanol–water partition coefficient (Wildman–Crippen LogP) is 2.41. The fourth-order valence-corrected chi connectivity index (χ4v) is 3.56. The third-order valence-electron chi connectivity index (χ3n) is 3.25. The van der Waals surface area contributed by atoms with E-state index in [1.807, 2.05) is 0 Å². The molecule has 1 aromatic rings. The minimum Gasteiger partial charge on any atom is -0.326 e. The summed E-state index contributed by atoms with van der Waals surface area (Å²) in [6.07, 6.45) is 0. The normalized spacial score (nSPS) is 17.1. The second kappa shape index (κ2) is 7.24. The molecule has 0 saturated heterocycles. The largest absolute Gasteiger partial charge is 0.326 e. The molecule has 18 heavy (non-hydrogen) atoms. The van der Waals surface area contributed by atoms with Gasteiger partial charge in [0.15, 0.2) is 0 Å². The SMILES string of the molecule is CCN(C(C)CN(C)C)C(c1cccs1)C(C)N. The lowest BCUT2D eigenvalue weighted by Gasteiger charge is -2.38. The van der Waals surface area contributed by atoms with Crippen molar-refractivity contribution < 1.29 is 0 Å². The Kier molecular flexibility index (Phi) is 6.29. The van der Waals surface area contributed by atoms with Crippen molar-refractivity contribution in [1.29, 1.82) is 0 Å². The summed E-state index contributed by atoms with van der Waals surface area (Å²) < 4.78 is 0. The molecule has 0 amide bonds. The number of rotatable bonds is 7. The first-order chi connectivity index (χ1) is 8.47. The van der Waals surface area contributed by atoms with Crippen molar-refractivity contribution in [1.82, 2.24) is 9.80 Å². The van der Waals surface area contributed by atoms with E-state index in [1.165, 1.54) is 4.88 Å². The van der Waals surface area contributed by atoms with Crippen LogP contribution in [-0.2, 0) is 0 Å². The Balaban J connectivity index is 2.88. The molecule has 0 aromatic carbocycles. The standard InChI is InChI=1S/C14H27N3S/c1-6-17(11(2)10-16(4)5)14(12(3)15)13-8-7-9-18-13/h7-9,11-12,14H,6,10,15H2,1-5H3. The minimum atomic E-state index is 0.146. The Hall–Kier alpha value is -0.420. The van der Waals surface area contributed by atoms with E-state index < -0.39 is 0 Å². The van der Waals surface area contributed by atoms with E-state index in [2.05, 4.69) is 62.2 Å². The second-order valence-corrected chi connectivity index (χ2v) is 6.24. The molecule has 1 aromatic heterocycles. The topological polar surface area (TPSA) is 32.5 Å². The van der Waals surface area contributed by atoms with Crippen LogP contribution < -0.4 is 5.73 Å². The zero-order chi connectivity index (χ0) is 13.7. The highest BCUT2D eigenvalue weighted by Crippen LogP contribution is 2.29. The molecule has 0 aliphatic heterocycles. The fraction of sp³-hybridized carbons (Fsp3) is 0.714. The lowest BCUT2D eigenvalue weighted by Crippen LogP contribution is -2.47. The average molecular weight is 269 g/mol. The van der Waals surface area contributed by atoms with Gasteiger partial charge in [-0.3, -0.25) is 4.90 Å². The van der Waals surface area contributed by atoms with Crippen molar-refractivity contribution in [3.8, 4) is 0 Å². The van der Waals surface area contributed by atoms with E-state index in [-0.39, 0.29) is 6.04 Å². The molecule has 3 unspecified atom stereocenters. The Labute approximate surface area is 116 Å². The van der Waals surface area contributed by atoms with Crippen LogP contribution in [0.1, 0.15) is 31.7 Å². The first-order valence-electron chi connectivity index (χ1n) is 6.66. The van der Waals surface area contributed by atoms with E-state index in [9.17, 15) is 0 Å². The lowest BCUT2D eigenvalue weighted by molar-refractivity contribution is 0.116. The molecule has 0 fully saturated rings. The smallest absolute Gasteiger partial charge is 0.0593 e. The van der Waals surface area contributed by atoms with Gasteiger partial charge in [0.25, 0.3) is 0 Å². The molecule has 0 aliphatic carbocycles. The van der Waals surface area contributed by atoms with Crippen LogP contribution in [-0.4, -0.2) is 49.1 Å². The molecule has 0 spiro atoms. The van der Waals surface area contributed by atoms with Gasteiger partial charge < -0.3 is 10.6 Å². The molecular formula is C14H27N3S. The van der Waals surface area contributed by atoms with Crippen molar-refractivity contribution in [2.45, 2.75) is 38.9 Å². The van der Waals surface area contributed by atoms with Gasteiger partial charge in [0, 0.05) is 23.5 Å². The van der Waals surface area contributed by atoms with E-state index >= 15 is 0 Å². The summed E-state index contributed by atoms with van der Waals surface area (Å²) in [6.45, 7) is 8.69. The van der Waals surface area contributed by atoms with Gasteiger partial charge in [-0.1, -0.05) is 13.0 Å². The van der Waals surface area contributed by atoms with Crippen LogP contribution in [0.25, 0.3) is 0 Å². The zero-order valence-electron chi connectivity index (χ0n) is 12.3. The van der Waals surface area contributed by atoms with Gasteiger partial charge in [0.05, 0.1) is 6.04 Å². The molecule has 0 radical (unpaired) electrons. The summed E-state index contributed by atoms with van der Waals surface area (Å²) in [4.78, 5) is 6.12. The highest BCUT2D eigenvalue weighted by Gasteiger charge is 2.27. The van der Waals surface area contributed by atoms with Crippen LogP contribution in [0, 0.1) is 0 Å². The van der Waals surface area contributed by atoms with Gasteiger partial charge in [-0.25, -0.2) is 0 Å². The maximum atomic E-state index is 6.22. The Bertz CT molecular complexity index is 322. The first kappa shape index (κ1) is 15.6. The number of hydrogen-bond acceptors (Lipinski definition) is 4. The van der Waals surface area contributed by atoms with E-state index in [0.717, 1.165) is 13.1 Å². The summed E-state index contributed by atoms with van der Waals surface area (Å²) in [7, 11) is 4.24. The number of nitrogens with zero attached hydrogens (tertiary/aromatic N) is 2. The third kappa shape index (κ3) is 4.05. The molecule has 2 N–H and O–H groups in total. The average Bonchev–Trinajstić information content (AvgIpc) is 2.76. The van der Waals surface area contributed by atoms with Crippen LogP contribution in [0.2, 0.25) is 0 Å². The van der Waals surface area contributed by atoms with Crippen LogP contribution in [0.5, 0.6) is 0 Å². The first-order valence-corrected chi connectivity index (χ1v) is 7.54. The maximum Gasteiger partial charge on any atom is 0.0593 e. The monoisotopic (exact) mass is 269 g/mol. The Morgan fingerprint density at radius 3 is 2.39 bits per heavy atom. The van der Waals surface area contributed by atoms with Crippen molar-refractivity contribution >= 4 is 11.3 Å². The van der Waals surface area contributed by atoms with Gasteiger partial charge >= 0.3 is 0 Å². The molecule has 3 nitrogen and oxygen atoms in total. The zero-order valence-corrected chi connectivity index (χ0v) is 13.1. The number of nitrogens with two attached hydrogens (primary N) is 1. The molecular weight excluding hydrogens is 242 g/mol. The van der Waals surface area contributed by atoms with Crippen molar-refractivity contribution in [3.05, 3.63) is 22.4 Å². The molecule has 104 valence electrons. The molecule has 3 atom stereocenters. The molecule has 0 saturated carbocycles. The third-order valence-corrected chi connectivity index (χ3v) is 4.19. The van der Waals surface area contributed by atoms with E-state index in [1.54, 1.807) is 11.3 Å². The minimum absolute atomic E-state index is 0.146. The van der Waals surface area contributed by atoms with Gasteiger partial charge in [0.2, 0.25) is 0 Å². The van der Waals surface area contributed by atoms with Crippen molar-refractivity contribution in [2.24, 2.45) is 5.73 Å². The van der Waals surface area contributed by atoms with E-state index in [0.29, 0.717) is 12.1 Å². The number of thiophene rings is 1. The van der Waals surface area contributed by atoms with Crippen LogP contribution in [0.3, 0.4) is 0 Å². The quantitative estimate of drug-likeness (QED) is 0.825. The highest BCUT2D eigenvalue weighted by atomic mass is 32.1. The Morgan fingerprint density at radius 1 is 1.33 bits per heavy atom. The van der Waals surface area contributed by atoms with Crippen LogP contribution in [0.15, 0.2) is 17.5 Å². The van der Waals surface area contributed by atoms with Crippen LogP contribution in [0.4, 0.5) is 0 Å². The van der Waals surface area contributed by atoms with E-state index in [4.69, 9.17) is 5.73 Å². The van der Waals surface area contributed by atoms with Crippen LogP contribution >= 0.6 is 11.3 Å². The van der Waals surface area contributed by atoms with Gasteiger partial charge in [-0.15, -0.1) is 11.3 Å². The predicted molar refractivity (Wildman–Crippen MR) is 81.1 cm³/mol.